The SMILES string of the molecule is CC(=O)NCCCc1ccc(-c2csc(NC(=O)c3ccc(C(C)C)cc3)n2)cc1. The normalized spacial score (nSPS) is 10.8. The van der Waals surface area contributed by atoms with E-state index in [4.69, 9.17) is 0 Å². The summed E-state index contributed by atoms with van der Waals surface area (Å²) in [6.07, 6.45) is 1.82. The number of thiazole rings is 1. The largest absolute Gasteiger partial charge is 0.356 e. The summed E-state index contributed by atoms with van der Waals surface area (Å²) < 4.78 is 0. The van der Waals surface area contributed by atoms with Crippen LogP contribution in [0.5, 0.6) is 0 Å². The molecule has 0 aliphatic carbocycles. The topological polar surface area (TPSA) is 71.1 Å². The van der Waals surface area contributed by atoms with Crippen molar-refractivity contribution in [2.24, 2.45) is 0 Å². The lowest BCUT2D eigenvalue weighted by molar-refractivity contribution is -0.118. The Hall–Kier alpha value is -2.99. The minimum absolute atomic E-state index is 0.00403. The van der Waals surface area contributed by atoms with Gasteiger partial charge in [0.15, 0.2) is 5.13 Å². The maximum Gasteiger partial charge on any atom is 0.257 e. The number of anilines is 1. The minimum atomic E-state index is -0.152. The molecule has 0 fully saturated rings. The van der Waals surface area contributed by atoms with Gasteiger partial charge < -0.3 is 5.32 Å². The standard InChI is InChI=1S/C24H27N3O2S/c1-16(2)19-10-12-21(13-11-19)23(29)27-24-26-22(15-30-24)20-8-6-18(7-9-20)5-4-14-25-17(3)28/h6-13,15-16H,4-5,14H2,1-3H3,(H,25,28)(H,26,27,29). The van der Waals surface area contributed by atoms with Gasteiger partial charge in [0.05, 0.1) is 5.69 Å². The van der Waals surface area contributed by atoms with Gasteiger partial charge in [-0.15, -0.1) is 11.3 Å². The molecule has 0 saturated heterocycles. The van der Waals surface area contributed by atoms with Gasteiger partial charge in [-0.25, -0.2) is 4.98 Å². The number of hydrogen-bond acceptors (Lipinski definition) is 4. The molecule has 0 radical (unpaired) electrons. The van der Waals surface area contributed by atoms with Crippen LogP contribution in [-0.4, -0.2) is 23.3 Å². The van der Waals surface area contributed by atoms with Gasteiger partial charge >= 0.3 is 0 Å². The van der Waals surface area contributed by atoms with Crippen molar-refractivity contribution < 1.29 is 9.59 Å². The number of carbonyl (C=O) groups excluding carboxylic acids is 2. The number of hydrogen-bond donors (Lipinski definition) is 2. The van der Waals surface area contributed by atoms with Crippen LogP contribution in [0.4, 0.5) is 5.13 Å². The predicted molar refractivity (Wildman–Crippen MR) is 123 cm³/mol. The lowest BCUT2D eigenvalue weighted by Gasteiger charge is -2.06. The zero-order valence-electron chi connectivity index (χ0n) is 17.6. The molecular formula is C24H27N3O2S. The van der Waals surface area contributed by atoms with Gasteiger partial charge in [0.25, 0.3) is 5.91 Å². The van der Waals surface area contributed by atoms with Crippen LogP contribution in [0.2, 0.25) is 0 Å². The van der Waals surface area contributed by atoms with E-state index in [-0.39, 0.29) is 11.8 Å². The summed E-state index contributed by atoms with van der Waals surface area (Å²) >= 11 is 1.42. The second-order valence-corrected chi connectivity index (χ2v) is 8.41. The molecule has 0 atom stereocenters. The van der Waals surface area contributed by atoms with Gasteiger partial charge in [-0.1, -0.05) is 50.2 Å². The van der Waals surface area contributed by atoms with E-state index in [1.54, 1.807) is 0 Å². The Bertz CT molecular complexity index is 992. The molecule has 0 unspecified atom stereocenters. The number of aryl methyl sites for hydroxylation is 1. The number of benzene rings is 2. The first-order valence-corrected chi connectivity index (χ1v) is 11.0. The molecule has 30 heavy (non-hydrogen) atoms. The number of nitrogens with one attached hydrogen (secondary N) is 2. The smallest absolute Gasteiger partial charge is 0.257 e. The highest BCUT2D eigenvalue weighted by Gasteiger charge is 2.11. The van der Waals surface area contributed by atoms with Crippen molar-refractivity contribution in [2.45, 2.75) is 39.5 Å². The van der Waals surface area contributed by atoms with Crippen LogP contribution in [0, 0.1) is 0 Å². The van der Waals surface area contributed by atoms with E-state index < -0.39 is 0 Å². The molecule has 0 saturated carbocycles. The number of carbonyl (C=O) groups is 2. The summed E-state index contributed by atoms with van der Waals surface area (Å²) in [5, 5.41) is 8.23. The van der Waals surface area contributed by atoms with E-state index in [1.165, 1.54) is 29.4 Å². The van der Waals surface area contributed by atoms with E-state index >= 15 is 0 Å². The van der Waals surface area contributed by atoms with Crippen LogP contribution < -0.4 is 10.6 Å². The van der Waals surface area contributed by atoms with Crippen molar-refractivity contribution in [1.29, 1.82) is 0 Å². The van der Waals surface area contributed by atoms with Gasteiger partial charge in [0.1, 0.15) is 0 Å². The van der Waals surface area contributed by atoms with Crippen molar-refractivity contribution in [3.63, 3.8) is 0 Å². The average Bonchev–Trinajstić information content (AvgIpc) is 3.20. The van der Waals surface area contributed by atoms with Crippen molar-refractivity contribution in [2.75, 3.05) is 11.9 Å². The predicted octanol–water partition coefficient (Wildman–Crippen LogP) is 5.25. The third kappa shape index (κ3) is 6.00. The number of nitrogens with zero attached hydrogens (tertiary/aromatic N) is 1. The summed E-state index contributed by atoms with van der Waals surface area (Å²) in [5.74, 6) is 0.289. The van der Waals surface area contributed by atoms with Gasteiger partial charge in [0.2, 0.25) is 5.91 Å². The van der Waals surface area contributed by atoms with Crippen molar-refractivity contribution in [3.05, 3.63) is 70.6 Å². The van der Waals surface area contributed by atoms with Gasteiger partial charge in [0, 0.05) is 30.0 Å². The molecule has 0 aliphatic heterocycles. The Morgan fingerprint density at radius 2 is 1.73 bits per heavy atom. The highest BCUT2D eigenvalue weighted by atomic mass is 32.1. The monoisotopic (exact) mass is 421 g/mol. The molecule has 3 rings (SSSR count). The molecule has 0 spiro atoms. The lowest BCUT2D eigenvalue weighted by atomic mass is 10.0. The van der Waals surface area contributed by atoms with Crippen molar-refractivity contribution in [1.82, 2.24) is 10.3 Å². The highest BCUT2D eigenvalue weighted by Crippen LogP contribution is 2.26. The number of rotatable bonds is 8. The van der Waals surface area contributed by atoms with Crippen LogP contribution >= 0.6 is 11.3 Å². The molecule has 2 amide bonds. The van der Waals surface area contributed by atoms with Crippen LogP contribution in [0.25, 0.3) is 11.3 Å². The fourth-order valence-electron chi connectivity index (χ4n) is 3.05. The third-order valence-electron chi connectivity index (χ3n) is 4.83. The second kappa shape index (κ2) is 10.2. The average molecular weight is 422 g/mol. The molecular weight excluding hydrogens is 394 g/mol. The molecule has 1 aromatic heterocycles. The van der Waals surface area contributed by atoms with E-state index in [0.29, 0.717) is 23.2 Å². The van der Waals surface area contributed by atoms with Crippen molar-refractivity contribution >= 4 is 28.3 Å². The first-order chi connectivity index (χ1) is 14.4. The molecule has 5 nitrogen and oxygen atoms in total. The lowest BCUT2D eigenvalue weighted by Crippen LogP contribution is -2.21. The molecule has 156 valence electrons. The van der Waals surface area contributed by atoms with E-state index in [9.17, 15) is 9.59 Å². The van der Waals surface area contributed by atoms with Crippen LogP contribution in [0.1, 0.15) is 54.6 Å². The summed E-state index contributed by atoms with van der Waals surface area (Å²) in [4.78, 5) is 27.9. The van der Waals surface area contributed by atoms with Crippen LogP contribution in [0.15, 0.2) is 53.9 Å². The Morgan fingerprint density at radius 3 is 2.37 bits per heavy atom. The molecule has 6 heteroatoms. The number of amides is 2. The number of aromatic nitrogens is 1. The maximum atomic E-state index is 12.5. The quantitative estimate of drug-likeness (QED) is 0.488. The summed E-state index contributed by atoms with van der Waals surface area (Å²) in [6.45, 7) is 6.48. The minimum Gasteiger partial charge on any atom is -0.356 e. The molecule has 2 N–H and O–H groups in total. The van der Waals surface area contributed by atoms with E-state index in [2.05, 4.69) is 41.6 Å². The van der Waals surface area contributed by atoms with E-state index in [0.717, 1.165) is 24.1 Å². The Labute approximate surface area is 181 Å². The first-order valence-electron chi connectivity index (χ1n) is 10.1. The molecule has 0 aliphatic rings. The molecule has 1 heterocycles. The van der Waals surface area contributed by atoms with Crippen molar-refractivity contribution in [3.8, 4) is 11.3 Å². The first kappa shape index (κ1) is 21.7. The van der Waals surface area contributed by atoms with E-state index in [1.807, 2.05) is 41.8 Å². The van der Waals surface area contributed by atoms with Crippen LogP contribution in [-0.2, 0) is 11.2 Å². The fourth-order valence-corrected chi connectivity index (χ4v) is 3.77. The summed E-state index contributed by atoms with van der Waals surface area (Å²) in [5.41, 5.74) is 4.91. The Balaban J connectivity index is 1.57. The molecule has 2 aromatic carbocycles. The van der Waals surface area contributed by atoms with Gasteiger partial charge in [-0.3, -0.25) is 14.9 Å². The Kier molecular flexibility index (Phi) is 7.36. The van der Waals surface area contributed by atoms with Gasteiger partial charge in [-0.05, 0) is 42.0 Å². The van der Waals surface area contributed by atoms with Crippen LogP contribution in [0.3, 0.4) is 0 Å². The molecule has 0 bridgehead atoms. The molecule has 3 aromatic rings. The highest BCUT2D eigenvalue weighted by molar-refractivity contribution is 7.14. The maximum absolute atomic E-state index is 12.5. The summed E-state index contributed by atoms with van der Waals surface area (Å²) in [6, 6.07) is 15.9. The zero-order valence-corrected chi connectivity index (χ0v) is 18.4. The zero-order chi connectivity index (χ0) is 21.5. The summed E-state index contributed by atoms with van der Waals surface area (Å²) in [7, 11) is 0. The van der Waals surface area contributed by atoms with Gasteiger partial charge in [-0.2, -0.15) is 0 Å². The Morgan fingerprint density at radius 1 is 1.03 bits per heavy atom. The third-order valence-corrected chi connectivity index (χ3v) is 5.59. The second-order valence-electron chi connectivity index (χ2n) is 7.55. The fraction of sp³-hybridized carbons (Fsp3) is 0.292.